The first-order chi connectivity index (χ1) is 15.5. The Morgan fingerprint density at radius 3 is 2.28 bits per heavy atom. The SMILES string of the molecule is CC(=O)c1c(-c2ccccc2)c2c(-c3cccc([N+](=O)[O-])c3)cc3ccccc3n2c1C. The Morgan fingerprint density at radius 1 is 0.875 bits per heavy atom. The number of hydrogen-bond donors (Lipinski definition) is 0. The number of nitrogens with zero attached hydrogens (tertiary/aromatic N) is 2. The van der Waals surface area contributed by atoms with Gasteiger partial charge in [-0.3, -0.25) is 14.9 Å². The first-order valence-electron chi connectivity index (χ1n) is 10.4. The van der Waals surface area contributed by atoms with Gasteiger partial charge in [0.25, 0.3) is 5.69 Å². The number of aryl methyl sites for hydroxylation is 1. The lowest BCUT2D eigenvalue weighted by Gasteiger charge is -2.13. The van der Waals surface area contributed by atoms with Gasteiger partial charge in [0.15, 0.2) is 5.78 Å². The van der Waals surface area contributed by atoms with Gasteiger partial charge in [-0.25, -0.2) is 0 Å². The van der Waals surface area contributed by atoms with E-state index in [1.165, 1.54) is 6.07 Å². The van der Waals surface area contributed by atoms with Crippen molar-refractivity contribution >= 4 is 27.9 Å². The molecule has 2 heterocycles. The summed E-state index contributed by atoms with van der Waals surface area (Å²) in [5.41, 5.74) is 6.78. The lowest BCUT2D eigenvalue weighted by Crippen LogP contribution is -1.97. The van der Waals surface area contributed by atoms with E-state index >= 15 is 0 Å². The molecule has 0 bridgehead atoms. The van der Waals surface area contributed by atoms with Crippen LogP contribution in [0, 0.1) is 17.0 Å². The number of pyridine rings is 1. The van der Waals surface area contributed by atoms with Gasteiger partial charge in [-0.1, -0.05) is 60.7 Å². The molecule has 0 saturated heterocycles. The highest BCUT2D eigenvalue weighted by Gasteiger charge is 2.24. The molecule has 0 aliphatic rings. The van der Waals surface area contributed by atoms with Gasteiger partial charge >= 0.3 is 0 Å². The molecule has 3 aromatic carbocycles. The number of non-ortho nitro benzene ring substituents is 1. The Bertz CT molecular complexity index is 1530. The largest absolute Gasteiger partial charge is 0.312 e. The Labute approximate surface area is 184 Å². The summed E-state index contributed by atoms with van der Waals surface area (Å²) in [5, 5.41) is 12.4. The van der Waals surface area contributed by atoms with Gasteiger partial charge in [0.1, 0.15) is 0 Å². The van der Waals surface area contributed by atoms with Crippen LogP contribution in [-0.4, -0.2) is 15.1 Å². The number of ketones is 1. The normalized spacial score (nSPS) is 11.2. The van der Waals surface area contributed by atoms with Crippen molar-refractivity contribution in [2.75, 3.05) is 0 Å². The van der Waals surface area contributed by atoms with Crippen LogP contribution < -0.4 is 0 Å². The summed E-state index contributed by atoms with van der Waals surface area (Å²) in [6, 6.07) is 26.5. The maximum atomic E-state index is 12.9. The molecule has 0 aliphatic carbocycles. The van der Waals surface area contributed by atoms with Crippen molar-refractivity contribution in [1.82, 2.24) is 4.40 Å². The number of para-hydroxylation sites is 1. The number of carbonyl (C=O) groups is 1. The van der Waals surface area contributed by atoms with E-state index in [4.69, 9.17) is 0 Å². The van der Waals surface area contributed by atoms with Crippen molar-refractivity contribution < 1.29 is 9.72 Å². The molecule has 5 nitrogen and oxygen atoms in total. The molecular formula is C27H20N2O3. The lowest BCUT2D eigenvalue weighted by molar-refractivity contribution is -0.384. The van der Waals surface area contributed by atoms with Gasteiger partial charge in [-0.2, -0.15) is 0 Å². The Kier molecular flexibility index (Phi) is 4.59. The Morgan fingerprint density at radius 2 is 1.56 bits per heavy atom. The zero-order valence-electron chi connectivity index (χ0n) is 17.7. The van der Waals surface area contributed by atoms with Crippen molar-refractivity contribution in [3.63, 3.8) is 0 Å². The fourth-order valence-corrected chi connectivity index (χ4v) is 4.61. The van der Waals surface area contributed by atoms with E-state index in [1.54, 1.807) is 19.1 Å². The molecule has 32 heavy (non-hydrogen) atoms. The predicted octanol–water partition coefficient (Wildman–Crippen LogP) is 6.85. The maximum Gasteiger partial charge on any atom is 0.270 e. The summed E-state index contributed by atoms with van der Waals surface area (Å²) >= 11 is 0. The van der Waals surface area contributed by atoms with Gasteiger partial charge in [-0.15, -0.1) is 0 Å². The van der Waals surface area contributed by atoms with Gasteiger partial charge in [-0.05, 0) is 42.5 Å². The summed E-state index contributed by atoms with van der Waals surface area (Å²) in [5.74, 6) is -0.0147. The van der Waals surface area contributed by atoms with Crippen molar-refractivity contribution in [2.45, 2.75) is 13.8 Å². The van der Waals surface area contributed by atoms with E-state index in [0.29, 0.717) is 5.56 Å². The van der Waals surface area contributed by atoms with E-state index in [-0.39, 0.29) is 16.4 Å². The average Bonchev–Trinajstić information content (AvgIpc) is 3.13. The molecule has 156 valence electrons. The monoisotopic (exact) mass is 420 g/mol. The summed E-state index contributed by atoms with van der Waals surface area (Å²) in [6.07, 6.45) is 0. The second-order valence-electron chi connectivity index (χ2n) is 7.87. The highest BCUT2D eigenvalue weighted by Crippen LogP contribution is 2.42. The second-order valence-corrected chi connectivity index (χ2v) is 7.87. The fraction of sp³-hybridized carbons (Fsp3) is 0.0741. The molecular weight excluding hydrogens is 400 g/mol. The van der Waals surface area contributed by atoms with Crippen molar-refractivity contribution in [2.24, 2.45) is 0 Å². The molecule has 0 saturated carbocycles. The van der Waals surface area contributed by atoms with E-state index in [0.717, 1.165) is 44.4 Å². The molecule has 5 heteroatoms. The smallest absolute Gasteiger partial charge is 0.270 e. The predicted molar refractivity (Wildman–Crippen MR) is 127 cm³/mol. The van der Waals surface area contributed by atoms with Gasteiger partial charge in [0.2, 0.25) is 0 Å². The van der Waals surface area contributed by atoms with Crippen LogP contribution in [0.4, 0.5) is 5.69 Å². The quantitative estimate of drug-likeness (QED) is 0.181. The Hall–Kier alpha value is -4.25. The molecule has 0 fully saturated rings. The standard InChI is InChI=1S/C27H20N2O3/c1-17-25(18(2)30)26(19-9-4-3-5-10-19)27-23(20-12-8-13-22(15-20)29(31)32)16-21-11-6-7-14-24(21)28(17)27/h3-16H,1-2H3. The van der Waals surface area contributed by atoms with E-state index in [1.807, 2.05) is 67.6 Å². The highest BCUT2D eigenvalue weighted by atomic mass is 16.6. The summed E-state index contributed by atoms with van der Waals surface area (Å²) in [6.45, 7) is 3.54. The Balaban J connectivity index is 2.03. The van der Waals surface area contributed by atoms with Crippen molar-refractivity contribution in [3.05, 3.63) is 106 Å². The molecule has 5 aromatic rings. The zero-order chi connectivity index (χ0) is 22.4. The number of hydrogen-bond acceptors (Lipinski definition) is 3. The lowest BCUT2D eigenvalue weighted by atomic mass is 9.94. The fourth-order valence-electron chi connectivity index (χ4n) is 4.61. The molecule has 5 rings (SSSR count). The minimum Gasteiger partial charge on any atom is -0.312 e. The van der Waals surface area contributed by atoms with Crippen molar-refractivity contribution in [1.29, 1.82) is 0 Å². The molecule has 2 aromatic heterocycles. The third-order valence-electron chi connectivity index (χ3n) is 5.92. The maximum absolute atomic E-state index is 12.9. The number of nitro groups is 1. The molecule has 0 atom stereocenters. The minimum atomic E-state index is -0.385. The van der Waals surface area contributed by atoms with E-state index < -0.39 is 0 Å². The van der Waals surface area contributed by atoms with Crippen molar-refractivity contribution in [3.8, 4) is 22.3 Å². The number of rotatable bonds is 4. The van der Waals surface area contributed by atoms with Gasteiger partial charge < -0.3 is 4.40 Å². The average molecular weight is 420 g/mol. The number of benzene rings is 3. The first kappa shape index (κ1) is 19.7. The summed E-state index contributed by atoms with van der Waals surface area (Å²) < 4.78 is 2.11. The number of aromatic nitrogens is 1. The number of nitro benzene ring substituents is 1. The van der Waals surface area contributed by atoms with Crippen LogP contribution in [0.25, 0.3) is 38.7 Å². The third kappa shape index (κ3) is 2.98. The molecule has 0 radical (unpaired) electrons. The number of fused-ring (bicyclic) bond motifs is 3. The summed E-state index contributed by atoms with van der Waals surface area (Å²) in [7, 11) is 0. The molecule has 0 unspecified atom stereocenters. The van der Waals surface area contributed by atoms with Crippen LogP contribution in [0.5, 0.6) is 0 Å². The van der Waals surface area contributed by atoms with Crippen LogP contribution in [-0.2, 0) is 0 Å². The first-order valence-corrected chi connectivity index (χ1v) is 10.4. The van der Waals surface area contributed by atoms with Crippen LogP contribution in [0.1, 0.15) is 23.0 Å². The van der Waals surface area contributed by atoms with E-state index in [9.17, 15) is 14.9 Å². The number of carbonyl (C=O) groups excluding carboxylic acids is 1. The van der Waals surface area contributed by atoms with Gasteiger partial charge in [0.05, 0.1) is 16.0 Å². The second kappa shape index (κ2) is 7.46. The van der Waals surface area contributed by atoms with Crippen LogP contribution in [0.15, 0.2) is 84.9 Å². The topological polar surface area (TPSA) is 64.6 Å². The zero-order valence-corrected chi connectivity index (χ0v) is 17.7. The summed E-state index contributed by atoms with van der Waals surface area (Å²) in [4.78, 5) is 23.9. The van der Waals surface area contributed by atoms with Crippen LogP contribution in [0.2, 0.25) is 0 Å². The number of Topliss-reactive ketones (excluding diaryl/α,β-unsaturated/α-hetero) is 1. The molecule has 0 amide bonds. The van der Waals surface area contributed by atoms with Gasteiger partial charge in [0, 0.05) is 34.5 Å². The van der Waals surface area contributed by atoms with E-state index in [2.05, 4.69) is 10.5 Å². The minimum absolute atomic E-state index is 0.0147. The van der Waals surface area contributed by atoms with Crippen LogP contribution >= 0.6 is 0 Å². The highest BCUT2D eigenvalue weighted by molar-refractivity contribution is 6.11. The molecule has 0 spiro atoms. The molecule has 0 N–H and O–H groups in total. The molecule has 0 aliphatic heterocycles. The van der Waals surface area contributed by atoms with Crippen LogP contribution in [0.3, 0.4) is 0 Å². The third-order valence-corrected chi connectivity index (χ3v) is 5.92.